The molecule has 3 aromatic carbocycles. The van der Waals surface area contributed by atoms with Gasteiger partial charge in [0.15, 0.2) is 0 Å². The lowest BCUT2D eigenvalue weighted by atomic mass is 9.97. The smallest absolute Gasteiger partial charge is 0.259 e. The highest BCUT2D eigenvalue weighted by Crippen LogP contribution is 2.28. The third kappa shape index (κ3) is 4.59. The second kappa shape index (κ2) is 9.80. The van der Waals surface area contributed by atoms with Gasteiger partial charge in [0, 0.05) is 37.7 Å². The molecule has 0 spiro atoms. The van der Waals surface area contributed by atoms with Gasteiger partial charge in [-0.3, -0.25) is 14.3 Å². The average Bonchev–Trinajstić information content (AvgIpc) is 2.88. The Morgan fingerprint density at radius 2 is 1.63 bits per heavy atom. The Hall–Kier alpha value is -3.84. The van der Waals surface area contributed by atoms with Crippen LogP contribution in [0.1, 0.15) is 39.8 Å². The van der Waals surface area contributed by atoms with Gasteiger partial charge in [-0.15, -0.1) is 0 Å². The summed E-state index contributed by atoms with van der Waals surface area (Å²) < 4.78 is 30.1. The number of hydrogen-bond acceptors (Lipinski definition) is 4. The van der Waals surface area contributed by atoms with Gasteiger partial charge in [-0.2, -0.15) is 0 Å². The van der Waals surface area contributed by atoms with E-state index in [4.69, 9.17) is 0 Å². The predicted octanol–water partition coefficient (Wildman–Crippen LogP) is 4.75. The lowest BCUT2D eigenvalue weighted by Gasteiger charge is -2.30. The second-order valence-electron chi connectivity index (χ2n) is 8.72. The van der Waals surface area contributed by atoms with E-state index >= 15 is 0 Å². The molecule has 0 atom stereocenters. The van der Waals surface area contributed by atoms with Crippen LogP contribution in [0, 0.1) is 5.82 Å². The minimum Gasteiger partial charge on any atom is -0.508 e. The summed E-state index contributed by atoms with van der Waals surface area (Å²) >= 11 is 0. The van der Waals surface area contributed by atoms with Gasteiger partial charge in [0.25, 0.3) is 5.56 Å². The number of aromatic nitrogens is 2. The molecule has 0 radical (unpaired) electrons. The summed E-state index contributed by atoms with van der Waals surface area (Å²) in [4.78, 5) is 20.5. The molecular formula is C28H25F2N3O2. The zero-order valence-corrected chi connectivity index (χ0v) is 19.1. The first-order valence-electron chi connectivity index (χ1n) is 11.5. The molecule has 1 aliphatic heterocycles. The Kier molecular flexibility index (Phi) is 6.42. The zero-order valence-electron chi connectivity index (χ0n) is 19.1. The van der Waals surface area contributed by atoms with Gasteiger partial charge < -0.3 is 5.11 Å². The van der Waals surface area contributed by atoms with Crippen LogP contribution in [0.2, 0.25) is 0 Å². The molecule has 1 aromatic heterocycles. The van der Waals surface area contributed by atoms with Crippen LogP contribution >= 0.6 is 0 Å². The number of benzene rings is 3. The van der Waals surface area contributed by atoms with E-state index in [0.29, 0.717) is 29.8 Å². The summed E-state index contributed by atoms with van der Waals surface area (Å²) in [5.74, 6) is -0.522. The predicted molar refractivity (Wildman–Crippen MR) is 129 cm³/mol. The maximum Gasteiger partial charge on any atom is 0.259 e. The molecule has 0 saturated heterocycles. The van der Waals surface area contributed by atoms with E-state index in [1.165, 1.54) is 10.6 Å². The van der Waals surface area contributed by atoms with Crippen LogP contribution in [0.5, 0.6) is 5.75 Å². The lowest BCUT2D eigenvalue weighted by molar-refractivity contribution is 0.236. The van der Waals surface area contributed by atoms with Gasteiger partial charge in [-0.1, -0.05) is 66.7 Å². The second-order valence-corrected chi connectivity index (χ2v) is 8.72. The van der Waals surface area contributed by atoms with Crippen molar-refractivity contribution in [2.45, 2.75) is 32.2 Å². The molecule has 0 unspecified atom stereocenters. The highest BCUT2D eigenvalue weighted by Gasteiger charge is 2.28. The Bertz CT molecular complexity index is 1350. The number of alkyl halides is 1. The van der Waals surface area contributed by atoms with E-state index in [9.17, 15) is 18.7 Å². The largest absolute Gasteiger partial charge is 0.508 e. The van der Waals surface area contributed by atoms with Gasteiger partial charge in [0.05, 0.1) is 17.3 Å². The number of phenolic OH excluding ortho intramolecular Hbond substituents is 1. The Balaban J connectivity index is 1.58. The fourth-order valence-corrected chi connectivity index (χ4v) is 4.76. The number of aromatic hydroxyl groups is 1. The van der Waals surface area contributed by atoms with E-state index in [-0.39, 0.29) is 30.2 Å². The molecule has 0 bridgehead atoms. The van der Waals surface area contributed by atoms with Crippen molar-refractivity contribution in [3.8, 4) is 5.75 Å². The molecule has 0 saturated carbocycles. The molecule has 5 nitrogen and oxygen atoms in total. The molecule has 1 N–H and O–H groups in total. The number of phenols is 1. The SMILES string of the molecule is O=c1c2c(nc(CF)n1C(c1ccccc1)c1ccccc1)CCN(Cc1ccc(O)cc1F)C2. The van der Waals surface area contributed by atoms with Crippen molar-refractivity contribution >= 4 is 0 Å². The topological polar surface area (TPSA) is 58.4 Å². The van der Waals surface area contributed by atoms with Gasteiger partial charge in [0.1, 0.15) is 24.1 Å². The van der Waals surface area contributed by atoms with Crippen molar-refractivity contribution in [2.75, 3.05) is 6.54 Å². The molecule has 7 heteroatoms. The third-order valence-electron chi connectivity index (χ3n) is 6.45. The normalized spacial score (nSPS) is 13.7. The molecular weight excluding hydrogens is 448 g/mol. The standard InChI is InChI=1S/C28H25F2N3O2/c29-16-26-31-25-13-14-32(17-21-11-12-22(34)15-24(21)30)18-23(25)28(35)33(26)27(19-7-3-1-4-8-19)20-9-5-2-6-10-20/h1-12,15,27,34H,13-14,16-18H2. The summed E-state index contributed by atoms with van der Waals surface area (Å²) in [6.07, 6.45) is 0.472. The van der Waals surface area contributed by atoms with Gasteiger partial charge >= 0.3 is 0 Å². The van der Waals surface area contributed by atoms with E-state index < -0.39 is 18.5 Å². The first-order valence-corrected chi connectivity index (χ1v) is 11.5. The lowest BCUT2D eigenvalue weighted by Crippen LogP contribution is -2.40. The van der Waals surface area contributed by atoms with E-state index in [1.54, 1.807) is 6.07 Å². The average molecular weight is 474 g/mol. The van der Waals surface area contributed by atoms with E-state index in [1.807, 2.05) is 65.6 Å². The van der Waals surface area contributed by atoms with Crippen molar-refractivity contribution < 1.29 is 13.9 Å². The molecule has 4 aromatic rings. The number of halogens is 2. The van der Waals surface area contributed by atoms with Gasteiger partial charge in [-0.25, -0.2) is 13.8 Å². The van der Waals surface area contributed by atoms with Crippen molar-refractivity contribution in [1.82, 2.24) is 14.5 Å². The maximum absolute atomic E-state index is 14.3. The maximum atomic E-state index is 14.3. The fourth-order valence-electron chi connectivity index (χ4n) is 4.76. The minimum atomic E-state index is -0.860. The summed E-state index contributed by atoms with van der Waals surface area (Å²) in [7, 11) is 0. The van der Waals surface area contributed by atoms with Crippen molar-refractivity contribution in [1.29, 1.82) is 0 Å². The highest BCUT2D eigenvalue weighted by atomic mass is 19.1. The number of nitrogens with zero attached hydrogens (tertiary/aromatic N) is 3. The van der Waals surface area contributed by atoms with Crippen LogP contribution in [-0.2, 0) is 26.2 Å². The van der Waals surface area contributed by atoms with E-state index in [2.05, 4.69) is 4.98 Å². The quantitative estimate of drug-likeness (QED) is 0.439. The Morgan fingerprint density at radius 3 is 2.23 bits per heavy atom. The first kappa shape index (κ1) is 22.9. The monoisotopic (exact) mass is 473 g/mol. The fraction of sp³-hybridized carbons (Fsp3) is 0.214. The molecule has 35 heavy (non-hydrogen) atoms. The van der Waals surface area contributed by atoms with Gasteiger partial charge in [-0.05, 0) is 17.2 Å². The van der Waals surface area contributed by atoms with Crippen molar-refractivity contribution in [3.63, 3.8) is 0 Å². The first-order chi connectivity index (χ1) is 17.0. The van der Waals surface area contributed by atoms with Crippen molar-refractivity contribution in [2.24, 2.45) is 0 Å². The minimum absolute atomic E-state index is 0.101. The Morgan fingerprint density at radius 1 is 0.971 bits per heavy atom. The molecule has 0 fully saturated rings. The van der Waals surface area contributed by atoms with Crippen molar-refractivity contribution in [3.05, 3.63) is 129 Å². The van der Waals surface area contributed by atoms with Crippen LogP contribution in [-0.4, -0.2) is 26.1 Å². The molecule has 0 amide bonds. The molecule has 5 rings (SSSR count). The van der Waals surface area contributed by atoms with Gasteiger partial charge in [0.2, 0.25) is 0 Å². The summed E-state index contributed by atoms with van der Waals surface area (Å²) in [6, 6.07) is 22.6. The number of rotatable bonds is 6. The van der Waals surface area contributed by atoms with Crippen LogP contribution in [0.3, 0.4) is 0 Å². The molecule has 0 aliphatic carbocycles. The van der Waals surface area contributed by atoms with Crippen LogP contribution < -0.4 is 5.56 Å². The van der Waals surface area contributed by atoms with E-state index in [0.717, 1.165) is 17.2 Å². The van der Waals surface area contributed by atoms with Crippen LogP contribution in [0.15, 0.2) is 83.7 Å². The van der Waals surface area contributed by atoms with Crippen LogP contribution in [0.4, 0.5) is 8.78 Å². The molecule has 1 aliphatic rings. The number of hydrogen-bond donors (Lipinski definition) is 1. The zero-order chi connectivity index (χ0) is 24.4. The molecule has 2 heterocycles. The summed E-state index contributed by atoms with van der Waals surface area (Å²) in [5.41, 5.74) is 2.97. The number of fused-ring (bicyclic) bond motifs is 1. The third-order valence-corrected chi connectivity index (χ3v) is 6.45. The summed E-state index contributed by atoms with van der Waals surface area (Å²) in [5, 5.41) is 9.49. The van der Waals surface area contributed by atoms with Crippen LogP contribution in [0.25, 0.3) is 0 Å². The highest BCUT2D eigenvalue weighted by molar-refractivity contribution is 5.35. The Labute approximate surface area is 201 Å². The summed E-state index contributed by atoms with van der Waals surface area (Å²) in [6.45, 7) is 0.276. The molecule has 178 valence electrons.